The first-order chi connectivity index (χ1) is 9.31. The Balaban J connectivity index is 3.01. The standard InChI is InChI=1S/C11H14IN3O4S/c1-14(2)3-4-20-10-6-8(13-11(16)17)9(15(18)19)5-7(10)12/h5-6,13H,3-4H2,1-2H3,(H,16,17). The average molecular weight is 411 g/mol. The number of nitrogens with one attached hydrogen (secondary N) is 1. The molecular weight excluding hydrogens is 397 g/mol. The summed E-state index contributed by atoms with van der Waals surface area (Å²) in [5.41, 5.74) is -0.246. The second kappa shape index (κ2) is 7.64. The molecule has 1 aromatic rings. The van der Waals surface area contributed by atoms with Crippen LogP contribution in [0.15, 0.2) is 17.0 Å². The molecule has 0 bridgehead atoms. The summed E-state index contributed by atoms with van der Waals surface area (Å²) < 4.78 is 0.731. The normalized spacial score (nSPS) is 10.6. The highest BCUT2D eigenvalue weighted by atomic mass is 127. The number of nitro benzene ring substituents is 1. The minimum absolute atomic E-state index is 0.00438. The first-order valence-corrected chi connectivity index (χ1v) is 7.63. The third kappa shape index (κ3) is 5.13. The largest absolute Gasteiger partial charge is 0.465 e. The maximum Gasteiger partial charge on any atom is 0.409 e. The van der Waals surface area contributed by atoms with E-state index >= 15 is 0 Å². The molecule has 0 unspecified atom stereocenters. The van der Waals surface area contributed by atoms with Crippen molar-refractivity contribution in [1.82, 2.24) is 4.90 Å². The molecule has 0 radical (unpaired) electrons. The van der Waals surface area contributed by atoms with Gasteiger partial charge in [0.15, 0.2) is 0 Å². The number of amides is 1. The van der Waals surface area contributed by atoms with Gasteiger partial charge in [-0.05, 0) is 42.8 Å². The molecule has 0 spiro atoms. The summed E-state index contributed by atoms with van der Waals surface area (Å²) in [5.74, 6) is 0.813. The number of nitro groups is 1. The molecule has 0 saturated carbocycles. The third-order valence-corrected chi connectivity index (χ3v) is 4.58. The second-order valence-electron chi connectivity index (χ2n) is 4.14. The molecule has 0 heterocycles. The van der Waals surface area contributed by atoms with Crippen LogP contribution in [-0.2, 0) is 0 Å². The van der Waals surface area contributed by atoms with Gasteiger partial charge < -0.3 is 10.0 Å². The Hall–Kier alpha value is -1.07. The summed E-state index contributed by atoms with van der Waals surface area (Å²) in [6, 6.07) is 2.89. The van der Waals surface area contributed by atoms with Gasteiger partial charge in [-0.25, -0.2) is 4.79 Å². The molecule has 1 aromatic carbocycles. The average Bonchev–Trinajstić information content (AvgIpc) is 2.31. The van der Waals surface area contributed by atoms with Crippen molar-refractivity contribution in [2.45, 2.75) is 4.90 Å². The van der Waals surface area contributed by atoms with E-state index < -0.39 is 11.0 Å². The maximum absolute atomic E-state index is 10.9. The fourth-order valence-electron chi connectivity index (χ4n) is 1.36. The second-order valence-corrected chi connectivity index (χ2v) is 6.44. The molecule has 1 rings (SSSR count). The monoisotopic (exact) mass is 411 g/mol. The number of rotatable bonds is 6. The van der Waals surface area contributed by atoms with E-state index in [9.17, 15) is 14.9 Å². The Kier molecular flexibility index (Phi) is 6.49. The summed E-state index contributed by atoms with van der Waals surface area (Å²) >= 11 is 3.54. The molecular formula is C11H14IN3O4S. The van der Waals surface area contributed by atoms with Gasteiger partial charge in [0.1, 0.15) is 5.69 Å². The van der Waals surface area contributed by atoms with Crippen LogP contribution in [0, 0.1) is 13.7 Å². The number of carbonyl (C=O) groups is 1. The molecule has 20 heavy (non-hydrogen) atoms. The molecule has 0 atom stereocenters. The fourth-order valence-corrected chi connectivity index (χ4v) is 3.35. The zero-order chi connectivity index (χ0) is 15.3. The van der Waals surface area contributed by atoms with Crippen molar-refractivity contribution in [3.63, 3.8) is 0 Å². The van der Waals surface area contributed by atoms with Crippen LogP contribution in [-0.4, -0.2) is 47.4 Å². The Morgan fingerprint density at radius 2 is 2.20 bits per heavy atom. The first kappa shape index (κ1) is 17.0. The zero-order valence-electron chi connectivity index (χ0n) is 10.9. The smallest absolute Gasteiger partial charge is 0.409 e. The predicted molar refractivity (Wildman–Crippen MR) is 86.7 cm³/mol. The number of benzene rings is 1. The molecule has 0 aromatic heterocycles. The van der Waals surface area contributed by atoms with Crippen LogP contribution < -0.4 is 5.32 Å². The fraction of sp³-hybridized carbons (Fsp3) is 0.364. The van der Waals surface area contributed by atoms with Gasteiger partial charge in [0.25, 0.3) is 5.69 Å². The summed E-state index contributed by atoms with van der Waals surface area (Å²) in [4.78, 5) is 23.9. The van der Waals surface area contributed by atoms with Crippen LogP contribution in [0.5, 0.6) is 0 Å². The van der Waals surface area contributed by atoms with Crippen LogP contribution >= 0.6 is 34.4 Å². The molecule has 9 heteroatoms. The first-order valence-electron chi connectivity index (χ1n) is 5.56. The Morgan fingerprint density at radius 1 is 1.55 bits per heavy atom. The van der Waals surface area contributed by atoms with E-state index in [0.29, 0.717) is 0 Å². The number of hydrogen-bond acceptors (Lipinski definition) is 5. The van der Waals surface area contributed by atoms with Crippen molar-refractivity contribution >= 4 is 51.8 Å². The van der Waals surface area contributed by atoms with E-state index in [0.717, 1.165) is 20.8 Å². The van der Waals surface area contributed by atoms with Crippen molar-refractivity contribution in [3.8, 4) is 0 Å². The molecule has 7 nitrogen and oxygen atoms in total. The van der Waals surface area contributed by atoms with Gasteiger partial charge in [-0.2, -0.15) is 0 Å². The Labute approximate surface area is 134 Å². The van der Waals surface area contributed by atoms with E-state index in [2.05, 4.69) is 5.32 Å². The van der Waals surface area contributed by atoms with Gasteiger partial charge in [0.05, 0.1) is 4.92 Å². The SMILES string of the molecule is CN(C)CCSc1cc(NC(=O)O)c([N+](=O)[O-])cc1I. The van der Waals surface area contributed by atoms with Crippen LogP contribution in [0.1, 0.15) is 0 Å². The van der Waals surface area contributed by atoms with Gasteiger partial charge in [-0.1, -0.05) is 0 Å². The summed E-state index contributed by atoms with van der Waals surface area (Å²) in [6.07, 6.45) is -1.32. The summed E-state index contributed by atoms with van der Waals surface area (Å²) in [5, 5.41) is 21.7. The van der Waals surface area contributed by atoms with E-state index in [1.807, 2.05) is 41.6 Å². The molecule has 0 fully saturated rings. The summed E-state index contributed by atoms with van der Waals surface area (Å²) in [6.45, 7) is 0.861. The topological polar surface area (TPSA) is 95.7 Å². The van der Waals surface area contributed by atoms with Crippen molar-refractivity contribution in [2.75, 3.05) is 31.7 Å². The lowest BCUT2D eigenvalue weighted by atomic mass is 10.2. The van der Waals surface area contributed by atoms with Crippen LogP contribution in [0.4, 0.5) is 16.2 Å². The highest BCUT2D eigenvalue weighted by molar-refractivity contribution is 14.1. The highest BCUT2D eigenvalue weighted by Crippen LogP contribution is 2.34. The van der Waals surface area contributed by atoms with Gasteiger partial charge in [0, 0.05) is 26.8 Å². The molecule has 2 N–H and O–H groups in total. The molecule has 0 aliphatic carbocycles. The molecule has 110 valence electrons. The quantitative estimate of drug-likeness (QED) is 0.324. The van der Waals surface area contributed by atoms with E-state index in [1.54, 1.807) is 0 Å². The number of nitrogens with zero attached hydrogens (tertiary/aromatic N) is 2. The van der Waals surface area contributed by atoms with Gasteiger partial charge in [0.2, 0.25) is 0 Å². The van der Waals surface area contributed by atoms with Gasteiger partial charge in [-0.15, -0.1) is 11.8 Å². The number of thioether (sulfide) groups is 1. The minimum atomic E-state index is -1.32. The molecule has 0 saturated heterocycles. The van der Waals surface area contributed by atoms with Crippen LogP contribution in [0.25, 0.3) is 0 Å². The van der Waals surface area contributed by atoms with Crippen molar-refractivity contribution in [3.05, 3.63) is 25.8 Å². The number of hydrogen-bond donors (Lipinski definition) is 2. The Morgan fingerprint density at radius 3 is 2.70 bits per heavy atom. The van der Waals surface area contributed by atoms with Crippen molar-refractivity contribution in [1.29, 1.82) is 0 Å². The molecule has 0 aliphatic rings. The lowest BCUT2D eigenvalue weighted by Gasteiger charge is -2.11. The maximum atomic E-state index is 10.9. The third-order valence-electron chi connectivity index (χ3n) is 2.28. The van der Waals surface area contributed by atoms with Gasteiger partial charge >= 0.3 is 6.09 Å². The number of halogens is 1. The lowest BCUT2D eigenvalue weighted by Crippen LogP contribution is -2.15. The van der Waals surface area contributed by atoms with E-state index in [1.165, 1.54) is 23.9 Å². The lowest BCUT2D eigenvalue weighted by molar-refractivity contribution is -0.384. The van der Waals surface area contributed by atoms with E-state index in [-0.39, 0.29) is 11.4 Å². The predicted octanol–water partition coefficient (Wildman–Crippen LogP) is 2.94. The van der Waals surface area contributed by atoms with Crippen LogP contribution in [0.3, 0.4) is 0 Å². The minimum Gasteiger partial charge on any atom is -0.465 e. The number of anilines is 1. The summed E-state index contributed by atoms with van der Waals surface area (Å²) in [7, 11) is 3.91. The number of carboxylic acid groups (broad SMARTS) is 1. The zero-order valence-corrected chi connectivity index (χ0v) is 13.9. The van der Waals surface area contributed by atoms with E-state index in [4.69, 9.17) is 5.11 Å². The highest BCUT2D eigenvalue weighted by Gasteiger charge is 2.19. The Bertz CT molecular complexity index is 525. The van der Waals surface area contributed by atoms with Gasteiger partial charge in [-0.3, -0.25) is 15.4 Å². The van der Waals surface area contributed by atoms with Crippen molar-refractivity contribution in [2.24, 2.45) is 0 Å². The van der Waals surface area contributed by atoms with Crippen LogP contribution in [0.2, 0.25) is 0 Å². The molecule has 0 aliphatic heterocycles. The molecule has 1 amide bonds. The van der Waals surface area contributed by atoms with Crippen molar-refractivity contribution < 1.29 is 14.8 Å².